The lowest BCUT2D eigenvalue weighted by Crippen LogP contribution is -2.30. The summed E-state index contributed by atoms with van der Waals surface area (Å²) in [5.74, 6) is 0. The van der Waals surface area contributed by atoms with Gasteiger partial charge in [0.15, 0.2) is 0 Å². The van der Waals surface area contributed by atoms with Crippen LogP contribution >= 0.6 is 15.9 Å². The van der Waals surface area contributed by atoms with Gasteiger partial charge in [-0.25, -0.2) is 12.7 Å². The summed E-state index contributed by atoms with van der Waals surface area (Å²) in [4.78, 5) is 2.41. The van der Waals surface area contributed by atoms with Crippen molar-refractivity contribution in [2.45, 2.75) is 17.9 Å². The molecule has 4 nitrogen and oxygen atoms in total. The lowest BCUT2D eigenvalue weighted by Gasteiger charge is -2.25. The fraction of sp³-hybridized carbons (Fsp3) is 0.500. The summed E-state index contributed by atoms with van der Waals surface area (Å²) in [6.07, 6.45) is 0. The number of halogens is 1. The van der Waals surface area contributed by atoms with E-state index in [9.17, 15) is 8.42 Å². The van der Waals surface area contributed by atoms with Crippen molar-refractivity contribution in [1.29, 1.82) is 0 Å². The normalized spacial score (nSPS) is 13.7. The summed E-state index contributed by atoms with van der Waals surface area (Å²) in [5, 5.41) is 0.862. The van der Waals surface area contributed by atoms with E-state index in [1.807, 2.05) is 19.2 Å². The third kappa shape index (κ3) is 3.24. The molecule has 0 fully saturated rings. The lowest BCUT2D eigenvalue weighted by molar-refractivity contribution is 0.521. The second-order valence-electron chi connectivity index (χ2n) is 4.40. The highest BCUT2D eigenvalue weighted by Gasteiger charge is 2.17. The average Bonchev–Trinajstić information content (AvgIpc) is 2.36. The van der Waals surface area contributed by atoms with Crippen LogP contribution in [0.1, 0.15) is 6.92 Å². The molecule has 102 valence electrons. The molecule has 0 radical (unpaired) electrons. The van der Waals surface area contributed by atoms with Crippen LogP contribution in [0.5, 0.6) is 0 Å². The van der Waals surface area contributed by atoms with E-state index in [1.165, 1.54) is 18.4 Å². The van der Waals surface area contributed by atoms with Gasteiger partial charge in [-0.15, -0.1) is 0 Å². The molecule has 0 saturated heterocycles. The number of anilines is 1. The predicted octanol–water partition coefficient (Wildman–Crippen LogP) is 2.16. The SMILES string of the molecule is CC(CBr)N(C)c1ccc(S(=O)(=O)N(C)C)cc1. The van der Waals surface area contributed by atoms with Gasteiger partial charge in [-0.2, -0.15) is 0 Å². The van der Waals surface area contributed by atoms with Gasteiger partial charge in [0.05, 0.1) is 4.90 Å². The maximum absolute atomic E-state index is 11.9. The first-order valence-corrected chi connectivity index (χ1v) is 8.18. The monoisotopic (exact) mass is 334 g/mol. The number of alkyl halides is 1. The van der Waals surface area contributed by atoms with Gasteiger partial charge in [0, 0.05) is 38.2 Å². The van der Waals surface area contributed by atoms with Crippen molar-refractivity contribution < 1.29 is 8.42 Å². The van der Waals surface area contributed by atoms with Gasteiger partial charge in [-0.1, -0.05) is 15.9 Å². The molecule has 0 aliphatic heterocycles. The number of hydrogen-bond donors (Lipinski definition) is 0. The fourth-order valence-electron chi connectivity index (χ4n) is 1.42. The minimum absolute atomic E-state index is 0.316. The Labute approximate surface area is 118 Å². The summed E-state index contributed by atoms with van der Waals surface area (Å²) in [6.45, 7) is 2.10. The first kappa shape index (κ1) is 15.5. The molecule has 0 N–H and O–H groups in total. The predicted molar refractivity (Wildman–Crippen MR) is 79.0 cm³/mol. The molecule has 1 aromatic carbocycles. The fourth-order valence-corrected chi connectivity index (χ4v) is 2.76. The molecular weight excluding hydrogens is 316 g/mol. The topological polar surface area (TPSA) is 40.6 Å². The summed E-state index contributed by atoms with van der Waals surface area (Å²) >= 11 is 3.43. The quantitative estimate of drug-likeness (QED) is 0.775. The Kier molecular flexibility index (Phi) is 5.19. The second-order valence-corrected chi connectivity index (χ2v) is 7.19. The highest BCUT2D eigenvalue weighted by Crippen LogP contribution is 2.20. The standard InChI is InChI=1S/C12H19BrN2O2S/c1-10(9-13)15(4)11-5-7-12(8-6-11)18(16,17)14(2)3/h5-8,10H,9H2,1-4H3. The zero-order valence-electron chi connectivity index (χ0n) is 11.1. The van der Waals surface area contributed by atoms with Gasteiger partial charge < -0.3 is 4.90 Å². The molecule has 0 bridgehead atoms. The number of hydrogen-bond acceptors (Lipinski definition) is 3. The molecule has 0 amide bonds. The number of sulfonamides is 1. The highest BCUT2D eigenvalue weighted by atomic mass is 79.9. The zero-order chi connectivity index (χ0) is 13.9. The van der Waals surface area contributed by atoms with E-state index in [0.29, 0.717) is 10.9 Å². The second kappa shape index (κ2) is 6.04. The molecule has 18 heavy (non-hydrogen) atoms. The van der Waals surface area contributed by atoms with Gasteiger partial charge in [0.2, 0.25) is 10.0 Å². The van der Waals surface area contributed by atoms with Crippen LogP contribution in [0.3, 0.4) is 0 Å². The molecule has 0 spiro atoms. The minimum atomic E-state index is -3.34. The third-order valence-corrected chi connectivity index (χ3v) is 5.67. The summed E-state index contributed by atoms with van der Waals surface area (Å²) < 4.78 is 25.0. The first-order valence-electron chi connectivity index (χ1n) is 5.62. The van der Waals surface area contributed by atoms with E-state index < -0.39 is 10.0 Å². The Hall–Kier alpha value is -0.590. The number of benzene rings is 1. The smallest absolute Gasteiger partial charge is 0.242 e. The Morgan fingerprint density at radius 1 is 1.17 bits per heavy atom. The van der Waals surface area contributed by atoms with E-state index in [1.54, 1.807) is 12.1 Å². The Morgan fingerprint density at radius 2 is 1.67 bits per heavy atom. The molecule has 6 heteroatoms. The van der Waals surface area contributed by atoms with Crippen molar-refractivity contribution in [2.24, 2.45) is 0 Å². The van der Waals surface area contributed by atoms with E-state index in [-0.39, 0.29) is 0 Å². The van der Waals surface area contributed by atoms with E-state index >= 15 is 0 Å². The molecule has 0 heterocycles. The molecule has 0 saturated carbocycles. The lowest BCUT2D eigenvalue weighted by atomic mass is 10.2. The van der Waals surface area contributed by atoms with Crippen LogP contribution in [0.4, 0.5) is 5.69 Å². The van der Waals surface area contributed by atoms with E-state index in [0.717, 1.165) is 11.0 Å². The van der Waals surface area contributed by atoms with E-state index in [2.05, 4.69) is 27.8 Å². The van der Waals surface area contributed by atoms with Crippen molar-refractivity contribution in [3.05, 3.63) is 24.3 Å². The molecule has 1 unspecified atom stereocenters. The molecule has 0 aromatic heterocycles. The summed E-state index contributed by atoms with van der Waals surface area (Å²) in [6, 6.07) is 7.29. The van der Waals surface area contributed by atoms with Gasteiger partial charge in [0.1, 0.15) is 0 Å². The van der Waals surface area contributed by atoms with Gasteiger partial charge in [-0.3, -0.25) is 0 Å². The van der Waals surface area contributed by atoms with Crippen LogP contribution in [0.25, 0.3) is 0 Å². The summed E-state index contributed by atoms with van der Waals surface area (Å²) in [5.41, 5.74) is 1.000. The van der Waals surface area contributed by atoms with E-state index in [4.69, 9.17) is 0 Å². The largest absolute Gasteiger partial charge is 0.371 e. The maximum atomic E-state index is 11.9. The Balaban J connectivity index is 3.01. The first-order chi connectivity index (χ1) is 8.30. The highest BCUT2D eigenvalue weighted by molar-refractivity contribution is 9.09. The molecule has 0 aliphatic rings. The van der Waals surface area contributed by atoms with Crippen LogP contribution in [-0.2, 0) is 10.0 Å². The van der Waals surface area contributed by atoms with Crippen LogP contribution in [0.15, 0.2) is 29.2 Å². The van der Waals surface area contributed by atoms with Crippen molar-refractivity contribution in [2.75, 3.05) is 31.4 Å². The van der Waals surface area contributed by atoms with Crippen LogP contribution in [-0.4, -0.2) is 45.2 Å². The molecule has 0 aliphatic carbocycles. The summed E-state index contributed by atoms with van der Waals surface area (Å²) in [7, 11) is 1.71. The van der Waals surface area contributed by atoms with Gasteiger partial charge in [0.25, 0.3) is 0 Å². The van der Waals surface area contributed by atoms with Crippen LogP contribution in [0, 0.1) is 0 Å². The molecule has 1 rings (SSSR count). The Bertz CT molecular complexity index is 485. The third-order valence-electron chi connectivity index (χ3n) is 2.91. The van der Waals surface area contributed by atoms with Crippen LogP contribution < -0.4 is 4.90 Å². The minimum Gasteiger partial charge on any atom is -0.371 e. The molecule has 1 aromatic rings. The number of rotatable bonds is 5. The number of nitrogens with zero attached hydrogens (tertiary/aromatic N) is 2. The molecular formula is C12H19BrN2O2S. The zero-order valence-corrected chi connectivity index (χ0v) is 13.5. The maximum Gasteiger partial charge on any atom is 0.242 e. The van der Waals surface area contributed by atoms with Gasteiger partial charge in [-0.05, 0) is 31.2 Å². The van der Waals surface area contributed by atoms with Crippen molar-refractivity contribution >= 4 is 31.6 Å². The Morgan fingerprint density at radius 3 is 2.06 bits per heavy atom. The van der Waals surface area contributed by atoms with Gasteiger partial charge >= 0.3 is 0 Å². The van der Waals surface area contributed by atoms with Crippen molar-refractivity contribution in [3.63, 3.8) is 0 Å². The van der Waals surface area contributed by atoms with Crippen molar-refractivity contribution in [3.8, 4) is 0 Å². The van der Waals surface area contributed by atoms with Crippen LogP contribution in [0.2, 0.25) is 0 Å². The molecule has 1 atom stereocenters. The van der Waals surface area contributed by atoms with Crippen molar-refractivity contribution in [1.82, 2.24) is 4.31 Å². The average molecular weight is 335 g/mol.